The van der Waals surface area contributed by atoms with Crippen molar-refractivity contribution in [2.24, 2.45) is 5.73 Å². The average molecular weight is 188 g/mol. The van der Waals surface area contributed by atoms with Crippen LogP contribution in [0.2, 0.25) is 5.02 Å². The normalized spacial score (nSPS) is 9.83. The molecule has 0 aliphatic heterocycles. The van der Waals surface area contributed by atoms with Gasteiger partial charge < -0.3 is 5.73 Å². The maximum Gasteiger partial charge on any atom is 0.310 e. The molecule has 0 spiro atoms. The van der Waals surface area contributed by atoms with Gasteiger partial charge in [-0.15, -0.1) is 0 Å². The van der Waals surface area contributed by atoms with Crippen molar-refractivity contribution in [3.05, 3.63) is 33.1 Å². The second kappa shape index (κ2) is 3.46. The lowest BCUT2D eigenvalue weighted by atomic mass is 10.3. The molecule has 1 rings (SSSR count). The Labute approximate surface area is 73.3 Å². The molecule has 0 aromatic carbocycles. The third kappa shape index (κ3) is 1.51. The molecule has 0 atom stereocenters. The van der Waals surface area contributed by atoms with E-state index in [1.807, 2.05) is 0 Å². The summed E-state index contributed by atoms with van der Waals surface area (Å²) in [5.41, 5.74) is 5.23. The fourth-order valence-electron chi connectivity index (χ4n) is 0.813. The number of nitrogens with zero attached hydrogens (tertiary/aromatic N) is 2. The molecule has 2 N–H and O–H groups in total. The van der Waals surface area contributed by atoms with Crippen LogP contribution >= 0.6 is 11.6 Å². The van der Waals surface area contributed by atoms with Crippen molar-refractivity contribution in [3.63, 3.8) is 0 Å². The number of rotatable bonds is 2. The lowest BCUT2D eigenvalue weighted by Gasteiger charge is -1.98. The Hall–Kier alpha value is -1.20. The Balaban J connectivity index is 3.29. The fraction of sp³-hybridized carbons (Fsp3) is 0.167. The molecule has 0 bridgehead atoms. The van der Waals surface area contributed by atoms with Crippen LogP contribution in [0.3, 0.4) is 0 Å². The molecule has 0 radical (unpaired) electrons. The zero-order valence-electron chi connectivity index (χ0n) is 6.03. The van der Waals surface area contributed by atoms with Crippen molar-refractivity contribution in [2.75, 3.05) is 0 Å². The number of pyridine rings is 1. The summed E-state index contributed by atoms with van der Waals surface area (Å²) in [6, 6.07) is 1.36. The van der Waals surface area contributed by atoms with Gasteiger partial charge in [0.15, 0.2) is 0 Å². The van der Waals surface area contributed by atoms with E-state index in [4.69, 9.17) is 17.3 Å². The first-order valence-corrected chi connectivity index (χ1v) is 3.52. The van der Waals surface area contributed by atoms with Crippen molar-refractivity contribution in [2.45, 2.75) is 6.54 Å². The summed E-state index contributed by atoms with van der Waals surface area (Å²) >= 11 is 5.57. The lowest BCUT2D eigenvalue weighted by Crippen LogP contribution is -2.04. The summed E-state index contributed by atoms with van der Waals surface area (Å²) in [6.45, 7) is 0.0108. The summed E-state index contributed by atoms with van der Waals surface area (Å²) in [7, 11) is 0. The summed E-state index contributed by atoms with van der Waals surface area (Å²) < 4.78 is 0. The highest BCUT2D eigenvalue weighted by atomic mass is 35.5. The number of hydrogen-bond donors (Lipinski definition) is 1. The van der Waals surface area contributed by atoms with Crippen molar-refractivity contribution < 1.29 is 4.92 Å². The molecule has 0 saturated heterocycles. The zero-order chi connectivity index (χ0) is 9.14. The molecule has 1 aromatic heterocycles. The predicted octanol–water partition coefficient (Wildman–Crippen LogP) is 1.10. The number of nitrogens with two attached hydrogens (primary N) is 1. The van der Waals surface area contributed by atoms with Crippen LogP contribution < -0.4 is 5.73 Å². The monoisotopic (exact) mass is 187 g/mol. The van der Waals surface area contributed by atoms with E-state index >= 15 is 0 Å². The van der Waals surface area contributed by atoms with Gasteiger partial charge in [-0.05, 0) is 6.07 Å². The Bertz CT molecular complexity index is 316. The van der Waals surface area contributed by atoms with Gasteiger partial charge in [-0.1, -0.05) is 11.6 Å². The number of halogens is 1. The summed E-state index contributed by atoms with van der Waals surface area (Å²) in [5, 5.41) is 10.5. The first-order chi connectivity index (χ1) is 5.66. The third-order valence-corrected chi connectivity index (χ3v) is 1.63. The van der Waals surface area contributed by atoms with Crippen molar-refractivity contribution >= 4 is 17.3 Å². The van der Waals surface area contributed by atoms with Gasteiger partial charge in [-0.3, -0.25) is 15.1 Å². The largest absolute Gasteiger partial charge is 0.325 e. The van der Waals surface area contributed by atoms with Crippen LogP contribution in [0.4, 0.5) is 5.69 Å². The number of hydrogen-bond acceptors (Lipinski definition) is 4. The minimum atomic E-state index is -0.586. The van der Waals surface area contributed by atoms with Crippen molar-refractivity contribution in [1.29, 1.82) is 0 Å². The molecular formula is C6H6ClN3O2. The topological polar surface area (TPSA) is 82.0 Å². The van der Waals surface area contributed by atoms with Crippen LogP contribution in [0.25, 0.3) is 0 Å². The van der Waals surface area contributed by atoms with Crippen LogP contribution in [0.1, 0.15) is 5.69 Å². The van der Waals surface area contributed by atoms with E-state index in [-0.39, 0.29) is 22.9 Å². The van der Waals surface area contributed by atoms with Crippen molar-refractivity contribution in [3.8, 4) is 0 Å². The molecule has 0 aliphatic rings. The molecule has 0 amide bonds. The molecule has 0 fully saturated rings. The van der Waals surface area contributed by atoms with E-state index in [0.29, 0.717) is 0 Å². The standard InChI is InChI=1S/C6H6ClN3O2/c7-4-1-2-9-5(3-8)6(4)10(11)12/h1-2H,3,8H2. The smallest absolute Gasteiger partial charge is 0.310 e. The second-order valence-electron chi connectivity index (χ2n) is 2.05. The minimum absolute atomic E-state index is 0.0108. The zero-order valence-corrected chi connectivity index (χ0v) is 6.78. The van der Waals surface area contributed by atoms with E-state index in [1.54, 1.807) is 0 Å². The highest BCUT2D eigenvalue weighted by Crippen LogP contribution is 2.25. The van der Waals surface area contributed by atoms with Gasteiger partial charge in [0, 0.05) is 12.7 Å². The lowest BCUT2D eigenvalue weighted by molar-refractivity contribution is -0.385. The fourth-order valence-corrected chi connectivity index (χ4v) is 1.05. The molecule has 0 saturated carbocycles. The molecule has 0 unspecified atom stereocenters. The van der Waals surface area contributed by atoms with E-state index < -0.39 is 4.92 Å². The minimum Gasteiger partial charge on any atom is -0.325 e. The van der Waals surface area contributed by atoms with E-state index in [2.05, 4.69) is 4.98 Å². The van der Waals surface area contributed by atoms with Crippen LogP contribution in [0.15, 0.2) is 12.3 Å². The molecule has 1 aromatic rings. The Morgan fingerprint density at radius 3 is 2.83 bits per heavy atom. The molecule has 6 heteroatoms. The molecule has 1 heterocycles. The molecule has 64 valence electrons. The summed E-state index contributed by atoms with van der Waals surface area (Å²) in [6.07, 6.45) is 1.39. The van der Waals surface area contributed by atoms with Crippen LogP contribution in [-0.4, -0.2) is 9.91 Å². The SMILES string of the molecule is NCc1nccc(Cl)c1[N+](=O)[O-]. The van der Waals surface area contributed by atoms with Gasteiger partial charge in [0.25, 0.3) is 0 Å². The number of nitro groups is 1. The Morgan fingerprint density at radius 2 is 2.42 bits per heavy atom. The van der Waals surface area contributed by atoms with Gasteiger partial charge in [0.2, 0.25) is 0 Å². The molecule has 5 nitrogen and oxygen atoms in total. The molecule has 12 heavy (non-hydrogen) atoms. The van der Waals surface area contributed by atoms with Gasteiger partial charge in [0.05, 0.1) is 4.92 Å². The first kappa shape index (κ1) is 8.89. The van der Waals surface area contributed by atoms with Gasteiger partial charge in [-0.25, -0.2) is 0 Å². The second-order valence-corrected chi connectivity index (χ2v) is 2.46. The highest BCUT2D eigenvalue weighted by molar-refractivity contribution is 6.32. The van der Waals surface area contributed by atoms with E-state index in [1.165, 1.54) is 12.3 Å². The van der Waals surface area contributed by atoms with E-state index in [0.717, 1.165) is 0 Å². The van der Waals surface area contributed by atoms with Crippen LogP contribution in [-0.2, 0) is 6.54 Å². The maximum absolute atomic E-state index is 10.4. The summed E-state index contributed by atoms with van der Waals surface area (Å²) in [5.74, 6) is 0. The Morgan fingerprint density at radius 1 is 1.75 bits per heavy atom. The molecule has 0 aliphatic carbocycles. The Kier molecular flexibility index (Phi) is 2.57. The average Bonchev–Trinajstić information content (AvgIpc) is 2.03. The van der Waals surface area contributed by atoms with Gasteiger partial charge >= 0.3 is 5.69 Å². The predicted molar refractivity (Wildman–Crippen MR) is 43.8 cm³/mol. The molecular weight excluding hydrogens is 182 g/mol. The maximum atomic E-state index is 10.4. The third-order valence-electron chi connectivity index (χ3n) is 1.33. The van der Waals surface area contributed by atoms with Gasteiger partial charge in [0.1, 0.15) is 10.7 Å². The highest BCUT2D eigenvalue weighted by Gasteiger charge is 2.17. The quantitative estimate of drug-likeness (QED) is 0.555. The van der Waals surface area contributed by atoms with Crippen LogP contribution in [0.5, 0.6) is 0 Å². The van der Waals surface area contributed by atoms with Gasteiger partial charge in [-0.2, -0.15) is 0 Å². The van der Waals surface area contributed by atoms with Crippen LogP contribution in [0, 0.1) is 10.1 Å². The van der Waals surface area contributed by atoms with E-state index in [9.17, 15) is 10.1 Å². The van der Waals surface area contributed by atoms with Crippen molar-refractivity contribution in [1.82, 2.24) is 4.98 Å². The number of aromatic nitrogens is 1. The first-order valence-electron chi connectivity index (χ1n) is 3.14. The summed E-state index contributed by atoms with van der Waals surface area (Å²) in [4.78, 5) is 13.6.